The number of amides is 3. The van der Waals surface area contributed by atoms with E-state index in [1.165, 1.54) is 5.38 Å². The molecule has 1 aromatic heterocycles. The van der Waals surface area contributed by atoms with Crippen LogP contribution in [0.5, 0.6) is 0 Å². The Morgan fingerprint density at radius 2 is 1.69 bits per heavy atom. The molecule has 39 heavy (non-hydrogen) atoms. The summed E-state index contributed by atoms with van der Waals surface area (Å²) in [6, 6.07) is 17.4. The van der Waals surface area contributed by atoms with Crippen LogP contribution < -0.4 is 10.6 Å². The van der Waals surface area contributed by atoms with Gasteiger partial charge in [0, 0.05) is 11.1 Å². The molecule has 3 aromatic rings. The number of rotatable bonds is 9. The summed E-state index contributed by atoms with van der Waals surface area (Å²) in [5, 5.41) is 6.99. The van der Waals surface area contributed by atoms with Crippen LogP contribution in [-0.2, 0) is 30.5 Å². The summed E-state index contributed by atoms with van der Waals surface area (Å²) in [5.74, 6) is -2.08. The Morgan fingerprint density at radius 3 is 2.38 bits per heavy atom. The van der Waals surface area contributed by atoms with Gasteiger partial charge in [-0.3, -0.25) is 19.8 Å². The second kappa shape index (κ2) is 13.1. The highest BCUT2D eigenvalue weighted by Gasteiger charge is 2.39. The van der Waals surface area contributed by atoms with Gasteiger partial charge in [0.15, 0.2) is 5.13 Å². The molecule has 4 rings (SSSR count). The van der Waals surface area contributed by atoms with E-state index in [2.05, 4.69) is 15.6 Å². The van der Waals surface area contributed by atoms with Crippen LogP contribution in [-0.4, -0.2) is 51.2 Å². The summed E-state index contributed by atoms with van der Waals surface area (Å²) in [6.45, 7) is 1.32. The average molecular weight is 583 g/mol. The lowest BCUT2D eigenvalue weighted by molar-refractivity contribution is -0.147. The van der Waals surface area contributed by atoms with E-state index in [0.29, 0.717) is 5.69 Å². The predicted octanol–water partition coefficient (Wildman–Crippen LogP) is 4.67. The Bertz CT molecular complexity index is 1430. The fraction of sp³-hybridized carbons (Fsp3) is 0.154. The number of hydrogen-bond acceptors (Lipinski definition) is 10. The Labute approximate surface area is 237 Å². The number of anilines is 2. The van der Waals surface area contributed by atoms with E-state index in [1.54, 1.807) is 31.2 Å². The highest BCUT2D eigenvalue weighted by molar-refractivity contribution is 8.26. The Morgan fingerprint density at radius 1 is 1.00 bits per heavy atom. The van der Waals surface area contributed by atoms with Crippen LogP contribution in [0.15, 0.2) is 70.9 Å². The number of esters is 2. The number of hydrogen-bond donors (Lipinski definition) is 2. The summed E-state index contributed by atoms with van der Waals surface area (Å²) in [7, 11) is 0. The molecule has 0 bridgehead atoms. The van der Waals surface area contributed by atoms with E-state index in [9.17, 15) is 19.2 Å². The topological polar surface area (TPSA) is 127 Å². The fourth-order valence-corrected chi connectivity index (χ4v) is 5.36. The Hall–Kier alpha value is -4.07. The molecule has 0 aliphatic carbocycles. The molecule has 200 valence electrons. The number of carbonyl (C=O) groups excluding carboxylic acids is 4. The minimum Gasteiger partial charge on any atom is -0.462 e. The average Bonchev–Trinajstić information content (AvgIpc) is 3.48. The van der Waals surface area contributed by atoms with E-state index in [0.717, 1.165) is 33.6 Å². The lowest BCUT2D eigenvalue weighted by atomic mass is 10.2. The monoisotopic (exact) mass is 582 g/mol. The number of carbonyl (C=O) groups is 4. The number of aromatic nitrogens is 1. The zero-order chi connectivity index (χ0) is 27.8. The first kappa shape index (κ1) is 28.0. The Balaban J connectivity index is 1.50. The minimum atomic E-state index is -0.782. The van der Waals surface area contributed by atoms with Crippen molar-refractivity contribution in [3.05, 3.63) is 82.2 Å². The first-order valence-corrected chi connectivity index (χ1v) is 13.7. The van der Waals surface area contributed by atoms with Crippen LogP contribution in [0, 0.1) is 0 Å². The van der Waals surface area contributed by atoms with Gasteiger partial charge in [-0.05, 0) is 24.6 Å². The van der Waals surface area contributed by atoms with Gasteiger partial charge in [-0.1, -0.05) is 72.5 Å². The largest absolute Gasteiger partial charge is 0.462 e. The highest BCUT2D eigenvalue weighted by atomic mass is 32.2. The van der Waals surface area contributed by atoms with Crippen LogP contribution in [0.2, 0.25) is 0 Å². The van der Waals surface area contributed by atoms with Crippen molar-refractivity contribution in [3.8, 4) is 0 Å². The number of nitrogens with one attached hydrogen (secondary N) is 2. The van der Waals surface area contributed by atoms with Gasteiger partial charge in [0.1, 0.15) is 23.0 Å². The molecular weight excluding hydrogens is 561 g/mol. The smallest absolute Gasteiger partial charge is 0.341 e. The number of benzene rings is 2. The maximum atomic E-state index is 13.3. The molecule has 2 aromatic carbocycles. The molecule has 0 radical (unpaired) electrons. The molecule has 13 heteroatoms. The van der Waals surface area contributed by atoms with E-state index in [-0.39, 0.29) is 38.8 Å². The molecule has 0 unspecified atom stereocenters. The first-order valence-electron chi connectivity index (χ1n) is 11.6. The van der Waals surface area contributed by atoms with E-state index in [4.69, 9.17) is 21.7 Å². The van der Waals surface area contributed by atoms with Gasteiger partial charge in [0.05, 0.1) is 17.2 Å². The maximum Gasteiger partial charge on any atom is 0.341 e. The van der Waals surface area contributed by atoms with Crippen LogP contribution in [0.3, 0.4) is 0 Å². The number of ether oxygens (including phenoxy) is 2. The number of para-hydroxylation sites is 1. The zero-order valence-electron chi connectivity index (χ0n) is 20.5. The van der Waals surface area contributed by atoms with Crippen molar-refractivity contribution in [3.63, 3.8) is 0 Å². The lowest BCUT2D eigenvalue weighted by Crippen LogP contribution is -2.34. The molecule has 1 aliphatic heterocycles. The van der Waals surface area contributed by atoms with E-state index in [1.807, 2.05) is 36.4 Å². The summed E-state index contributed by atoms with van der Waals surface area (Å²) in [6.07, 6.45) is 0. The van der Waals surface area contributed by atoms with Gasteiger partial charge in [-0.15, -0.1) is 11.3 Å². The number of thiocarbonyl (C=S) groups is 1. The van der Waals surface area contributed by atoms with Crippen molar-refractivity contribution >= 4 is 79.9 Å². The van der Waals surface area contributed by atoms with Crippen molar-refractivity contribution in [2.24, 2.45) is 0 Å². The first-order chi connectivity index (χ1) is 18.9. The maximum absolute atomic E-state index is 13.3. The quantitative estimate of drug-likeness (QED) is 0.210. The van der Waals surface area contributed by atoms with Crippen molar-refractivity contribution in [1.82, 2.24) is 9.88 Å². The zero-order valence-corrected chi connectivity index (χ0v) is 23.0. The molecule has 2 N–H and O–H groups in total. The standard InChI is InChI=1S/C26H22N4O6S3/c1-2-35-23(33)20(18-15-38-25(28-18)29-24(34)27-17-11-7-4-8-12-17)21-22(32)30(26(37)39-21)13-19(31)36-14-16-9-5-3-6-10-16/h3-12,15H,2,13-14H2,1H3,(H2,27,28,29,34)/b21-20-. The summed E-state index contributed by atoms with van der Waals surface area (Å²) in [4.78, 5) is 56.3. The van der Waals surface area contributed by atoms with Gasteiger partial charge >= 0.3 is 18.0 Å². The molecule has 3 amide bonds. The number of thioether (sulfide) groups is 1. The molecular formula is C26H22N4O6S3. The third-order valence-electron chi connectivity index (χ3n) is 5.10. The number of thiazole rings is 1. The van der Waals surface area contributed by atoms with Crippen LogP contribution in [0.4, 0.5) is 15.6 Å². The molecule has 0 spiro atoms. The second-order valence-electron chi connectivity index (χ2n) is 7.81. The van der Waals surface area contributed by atoms with Crippen LogP contribution >= 0.6 is 35.3 Å². The van der Waals surface area contributed by atoms with Gasteiger partial charge in [0.25, 0.3) is 5.91 Å². The molecule has 1 aliphatic rings. The van der Waals surface area contributed by atoms with E-state index < -0.39 is 30.4 Å². The van der Waals surface area contributed by atoms with Gasteiger partial charge in [-0.2, -0.15) is 0 Å². The van der Waals surface area contributed by atoms with Crippen LogP contribution in [0.1, 0.15) is 18.2 Å². The van der Waals surface area contributed by atoms with E-state index >= 15 is 0 Å². The van der Waals surface area contributed by atoms with Gasteiger partial charge in [0.2, 0.25) is 0 Å². The normalized spacial score (nSPS) is 14.1. The number of urea groups is 1. The number of nitrogens with zero attached hydrogens (tertiary/aromatic N) is 2. The molecule has 1 saturated heterocycles. The molecule has 10 nitrogen and oxygen atoms in total. The predicted molar refractivity (Wildman–Crippen MR) is 153 cm³/mol. The van der Waals surface area contributed by atoms with Crippen molar-refractivity contribution in [2.75, 3.05) is 23.8 Å². The molecule has 2 heterocycles. The van der Waals surface area contributed by atoms with Gasteiger partial charge in [-0.25, -0.2) is 14.6 Å². The summed E-state index contributed by atoms with van der Waals surface area (Å²) < 4.78 is 10.5. The van der Waals surface area contributed by atoms with Gasteiger partial charge < -0.3 is 14.8 Å². The lowest BCUT2D eigenvalue weighted by Gasteiger charge is -2.14. The van der Waals surface area contributed by atoms with Crippen LogP contribution in [0.25, 0.3) is 5.57 Å². The molecule has 1 fully saturated rings. The SMILES string of the molecule is CCOC(=O)/C(=C1\SC(=S)N(CC(=O)OCc2ccccc2)C1=O)c1csc(NC(=O)Nc2ccccc2)n1. The second-order valence-corrected chi connectivity index (χ2v) is 10.3. The Kier molecular flexibility index (Phi) is 9.41. The fourth-order valence-electron chi connectivity index (χ4n) is 3.34. The third-order valence-corrected chi connectivity index (χ3v) is 7.30. The molecule has 0 atom stereocenters. The summed E-state index contributed by atoms with van der Waals surface area (Å²) in [5.41, 5.74) is 1.40. The highest BCUT2D eigenvalue weighted by Crippen LogP contribution is 2.38. The third kappa shape index (κ3) is 7.28. The summed E-state index contributed by atoms with van der Waals surface area (Å²) >= 11 is 7.25. The minimum absolute atomic E-state index is 0.0279. The van der Waals surface area contributed by atoms with Crippen molar-refractivity contribution in [1.29, 1.82) is 0 Å². The van der Waals surface area contributed by atoms with Crippen molar-refractivity contribution < 1.29 is 28.7 Å². The van der Waals surface area contributed by atoms with Crippen molar-refractivity contribution in [2.45, 2.75) is 13.5 Å². The molecule has 0 saturated carbocycles.